The third-order valence-electron chi connectivity index (χ3n) is 3.03. The van der Waals surface area contributed by atoms with Crippen molar-refractivity contribution in [1.82, 2.24) is 0 Å². The second-order valence-electron chi connectivity index (χ2n) is 6.16. The fraction of sp³-hybridized carbons (Fsp3) is 0.875. The van der Waals surface area contributed by atoms with E-state index in [1.807, 2.05) is 55.4 Å². The predicted octanol–water partition coefficient (Wildman–Crippen LogP) is 4.04. The lowest BCUT2D eigenvalue weighted by Crippen LogP contribution is -2.26. The van der Waals surface area contributed by atoms with Crippen LogP contribution in [0.5, 0.6) is 0 Å². The number of hydrogen-bond donors (Lipinski definition) is 0. The summed E-state index contributed by atoms with van der Waals surface area (Å²) in [5.41, 5.74) is -0.599. The maximum absolute atomic E-state index is 5.33. The van der Waals surface area contributed by atoms with Gasteiger partial charge in [-0.05, 0) is 54.4 Å². The first kappa shape index (κ1) is 19.4. The summed E-state index contributed by atoms with van der Waals surface area (Å²) < 4.78 is 0. The Hall–Kier alpha value is -0.600. The van der Waals surface area contributed by atoms with E-state index in [1.165, 1.54) is 0 Å². The van der Waals surface area contributed by atoms with E-state index < -0.39 is 0 Å². The molecule has 0 aromatic heterocycles. The minimum absolute atomic E-state index is 0.299. The lowest BCUT2D eigenvalue weighted by Gasteiger charge is -2.23. The Labute approximate surface area is 124 Å². The summed E-state index contributed by atoms with van der Waals surface area (Å²) in [5, 5.41) is 0. The molecule has 0 rings (SSSR count). The van der Waals surface area contributed by atoms with E-state index in [0.29, 0.717) is 0 Å². The van der Waals surface area contributed by atoms with Crippen LogP contribution >= 0.6 is 0 Å². The van der Waals surface area contributed by atoms with E-state index >= 15 is 0 Å². The van der Waals surface area contributed by atoms with Gasteiger partial charge in [-0.2, -0.15) is 0 Å². The first-order valence-electron chi connectivity index (χ1n) is 7.32. The van der Waals surface area contributed by atoms with Gasteiger partial charge in [0.15, 0.2) is 12.2 Å². The van der Waals surface area contributed by atoms with Gasteiger partial charge in [0.1, 0.15) is 0 Å². The zero-order chi connectivity index (χ0) is 15.8. The zero-order valence-corrected chi connectivity index (χ0v) is 14.2. The lowest BCUT2D eigenvalue weighted by atomic mass is 10.1. The predicted molar refractivity (Wildman–Crippen MR) is 79.8 cm³/mol. The first-order valence-corrected chi connectivity index (χ1v) is 7.32. The molecule has 0 bridgehead atoms. The van der Waals surface area contributed by atoms with E-state index in [9.17, 15) is 0 Å². The third-order valence-corrected chi connectivity index (χ3v) is 3.03. The fourth-order valence-electron chi connectivity index (χ4n) is 0.806. The van der Waals surface area contributed by atoms with Crippen molar-refractivity contribution in [1.29, 1.82) is 0 Å². The quantitative estimate of drug-likeness (QED) is 0.383. The van der Waals surface area contributed by atoms with Gasteiger partial charge in [-0.15, -0.1) is 0 Å². The zero-order valence-electron chi connectivity index (χ0n) is 14.2. The molecule has 2 atom stereocenters. The Morgan fingerprint density at radius 2 is 1.05 bits per heavy atom. The summed E-state index contributed by atoms with van der Waals surface area (Å²) >= 11 is 0. The second-order valence-corrected chi connectivity index (χ2v) is 6.16. The molecule has 0 N–H and O–H groups in total. The Kier molecular flexibility index (Phi) is 8.38. The Morgan fingerprint density at radius 1 is 0.750 bits per heavy atom. The van der Waals surface area contributed by atoms with Crippen LogP contribution in [0.4, 0.5) is 0 Å². The first-order chi connectivity index (χ1) is 9.12. The van der Waals surface area contributed by atoms with Crippen LogP contribution in [-0.4, -0.2) is 23.4 Å². The summed E-state index contributed by atoms with van der Waals surface area (Å²) in [4.78, 5) is 21.1. The van der Waals surface area contributed by atoms with E-state index in [0.717, 1.165) is 12.8 Å². The summed E-state index contributed by atoms with van der Waals surface area (Å²) in [5.74, 6) is 5.86. The third kappa shape index (κ3) is 9.33. The Balaban J connectivity index is 4.11. The summed E-state index contributed by atoms with van der Waals surface area (Å²) in [6.07, 6.45) is 1.11. The van der Waals surface area contributed by atoms with Crippen LogP contribution in [0.1, 0.15) is 68.2 Å². The van der Waals surface area contributed by atoms with Crippen molar-refractivity contribution in [3.05, 3.63) is 0 Å². The van der Waals surface area contributed by atoms with Gasteiger partial charge in [-0.1, -0.05) is 25.7 Å². The van der Waals surface area contributed by atoms with Crippen LogP contribution in [0.2, 0.25) is 0 Å². The molecule has 118 valence electrons. The molecule has 0 aliphatic heterocycles. The van der Waals surface area contributed by atoms with Gasteiger partial charge < -0.3 is 0 Å². The molecule has 0 aliphatic carbocycles. The minimum Gasteiger partial charge on any atom is -0.229 e. The topological polar surface area (TPSA) is 36.9 Å². The Bertz CT molecular complexity index is 295. The molecule has 0 heterocycles. The maximum Gasteiger partial charge on any atom is 0.150 e. The van der Waals surface area contributed by atoms with Crippen LogP contribution in [0.25, 0.3) is 0 Å². The van der Waals surface area contributed by atoms with Crippen LogP contribution in [-0.2, 0) is 19.6 Å². The molecule has 0 saturated heterocycles. The lowest BCUT2D eigenvalue weighted by molar-refractivity contribution is -0.366. The van der Waals surface area contributed by atoms with Gasteiger partial charge in [-0.25, -0.2) is 19.6 Å². The smallest absolute Gasteiger partial charge is 0.150 e. The molecular weight excluding hydrogens is 256 g/mol. The van der Waals surface area contributed by atoms with Gasteiger partial charge >= 0.3 is 0 Å². The Morgan fingerprint density at radius 3 is 1.30 bits per heavy atom. The van der Waals surface area contributed by atoms with Crippen molar-refractivity contribution in [2.24, 2.45) is 0 Å². The van der Waals surface area contributed by atoms with E-state index in [2.05, 4.69) is 11.8 Å². The maximum atomic E-state index is 5.33. The highest BCUT2D eigenvalue weighted by Crippen LogP contribution is 2.15. The normalized spacial score (nSPS) is 15.4. The summed E-state index contributed by atoms with van der Waals surface area (Å²) in [6.45, 7) is 15.6. The van der Waals surface area contributed by atoms with Gasteiger partial charge in [-0.3, -0.25) is 0 Å². The van der Waals surface area contributed by atoms with E-state index in [4.69, 9.17) is 19.6 Å². The molecule has 4 heteroatoms. The number of rotatable bonds is 8. The van der Waals surface area contributed by atoms with E-state index in [1.54, 1.807) is 0 Å². The van der Waals surface area contributed by atoms with Crippen molar-refractivity contribution < 1.29 is 19.6 Å². The van der Waals surface area contributed by atoms with Crippen molar-refractivity contribution in [2.45, 2.75) is 91.6 Å². The molecule has 0 saturated carbocycles. The minimum atomic E-state index is -0.314. The van der Waals surface area contributed by atoms with E-state index in [-0.39, 0.29) is 23.4 Å². The average Bonchev–Trinajstić information content (AvgIpc) is 2.40. The van der Waals surface area contributed by atoms with Crippen molar-refractivity contribution in [3.63, 3.8) is 0 Å². The second kappa shape index (κ2) is 8.63. The molecule has 0 aromatic carbocycles. The highest BCUT2D eigenvalue weighted by molar-refractivity contribution is 5.07. The van der Waals surface area contributed by atoms with Gasteiger partial charge in [0.25, 0.3) is 0 Å². The molecule has 2 unspecified atom stereocenters. The monoisotopic (exact) mass is 286 g/mol. The molecule has 4 nitrogen and oxygen atoms in total. The van der Waals surface area contributed by atoms with Crippen LogP contribution in [0, 0.1) is 11.8 Å². The molecule has 0 aliphatic rings. The molecule has 0 amide bonds. The van der Waals surface area contributed by atoms with Gasteiger partial charge in [0.2, 0.25) is 0 Å². The fourth-order valence-corrected chi connectivity index (χ4v) is 0.806. The molecular formula is C16H30O4. The highest BCUT2D eigenvalue weighted by Gasteiger charge is 2.19. The van der Waals surface area contributed by atoms with Crippen molar-refractivity contribution >= 4 is 0 Å². The summed E-state index contributed by atoms with van der Waals surface area (Å²) in [6, 6.07) is 0. The average molecular weight is 286 g/mol. The molecule has 0 spiro atoms. The largest absolute Gasteiger partial charge is 0.229 e. The molecule has 0 radical (unpaired) electrons. The van der Waals surface area contributed by atoms with Crippen LogP contribution in [0.15, 0.2) is 0 Å². The number of hydrogen-bond acceptors (Lipinski definition) is 4. The van der Waals surface area contributed by atoms with Crippen molar-refractivity contribution in [3.8, 4) is 11.8 Å². The summed E-state index contributed by atoms with van der Waals surface area (Å²) in [7, 11) is 0. The SMILES string of the molecule is CCC(C)(C)OOC(C)C#CC(C)OOC(C)(C)CC. The van der Waals surface area contributed by atoms with Gasteiger partial charge in [0, 0.05) is 0 Å². The van der Waals surface area contributed by atoms with Gasteiger partial charge in [0.05, 0.1) is 11.2 Å². The van der Waals surface area contributed by atoms with Crippen molar-refractivity contribution in [2.75, 3.05) is 0 Å². The standard InChI is InChI=1S/C16H30O4/c1-9-15(5,6)19-17-13(3)11-12-14(4)18-20-16(7,8)10-2/h13-14H,9-10H2,1-8H3. The highest BCUT2D eigenvalue weighted by atomic mass is 17.2. The van der Waals surface area contributed by atoms with Crippen LogP contribution < -0.4 is 0 Å². The van der Waals surface area contributed by atoms with Crippen LogP contribution in [0.3, 0.4) is 0 Å². The molecule has 0 aromatic rings. The molecule has 0 fully saturated rings. The molecule has 20 heavy (non-hydrogen) atoms.